The van der Waals surface area contributed by atoms with Gasteiger partial charge in [-0.1, -0.05) is 30.3 Å². The zero-order valence-electron chi connectivity index (χ0n) is 14.7. The summed E-state index contributed by atoms with van der Waals surface area (Å²) in [5, 5.41) is 8.38. The summed E-state index contributed by atoms with van der Waals surface area (Å²) in [4.78, 5) is 2.67. The highest BCUT2D eigenvalue weighted by Gasteiger charge is 2.24. The highest BCUT2D eigenvalue weighted by molar-refractivity contribution is 5.64. The van der Waals surface area contributed by atoms with E-state index in [0.29, 0.717) is 0 Å². The molecule has 1 atom stereocenters. The standard InChI is InChI=1S/C20H28N4/c1-23-19-10-13-24(15-16-6-5-11-21-14-16)12-9-18(19)20(22-23)17-7-3-2-4-8-17/h2-4,7-8,16,21H,5-6,9-15H2,1H3. The van der Waals surface area contributed by atoms with Crippen molar-refractivity contribution in [3.8, 4) is 11.3 Å². The molecule has 2 aliphatic heterocycles. The molecule has 24 heavy (non-hydrogen) atoms. The minimum Gasteiger partial charge on any atom is -0.316 e. The van der Waals surface area contributed by atoms with Crippen LogP contribution >= 0.6 is 0 Å². The fraction of sp³-hybridized carbons (Fsp3) is 0.550. The van der Waals surface area contributed by atoms with Gasteiger partial charge in [0.15, 0.2) is 0 Å². The predicted octanol–water partition coefficient (Wildman–Crippen LogP) is 2.49. The van der Waals surface area contributed by atoms with E-state index >= 15 is 0 Å². The number of fused-ring (bicyclic) bond motifs is 1. The van der Waals surface area contributed by atoms with Crippen molar-refractivity contribution in [1.29, 1.82) is 0 Å². The lowest BCUT2D eigenvalue weighted by molar-refractivity contribution is 0.215. The van der Waals surface area contributed by atoms with Gasteiger partial charge in [0.2, 0.25) is 0 Å². The first-order chi connectivity index (χ1) is 11.8. The first-order valence-corrected chi connectivity index (χ1v) is 9.34. The maximum atomic E-state index is 4.83. The molecule has 0 amide bonds. The molecule has 1 aromatic carbocycles. The van der Waals surface area contributed by atoms with Gasteiger partial charge < -0.3 is 10.2 Å². The number of hydrogen-bond donors (Lipinski definition) is 1. The number of aromatic nitrogens is 2. The SMILES string of the molecule is Cn1nc(-c2ccccc2)c2c1CCN(CC1CCCNC1)CC2. The Hall–Kier alpha value is -1.65. The molecule has 1 saturated heterocycles. The maximum absolute atomic E-state index is 4.83. The highest BCUT2D eigenvalue weighted by Crippen LogP contribution is 2.28. The maximum Gasteiger partial charge on any atom is 0.0958 e. The average Bonchev–Trinajstić information content (AvgIpc) is 2.80. The molecule has 0 spiro atoms. The van der Waals surface area contributed by atoms with E-state index in [1.54, 1.807) is 0 Å². The fourth-order valence-electron chi connectivity index (χ4n) is 4.28. The lowest BCUT2D eigenvalue weighted by Crippen LogP contribution is -2.39. The van der Waals surface area contributed by atoms with Crippen molar-refractivity contribution in [1.82, 2.24) is 20.0 Å². The van der Waals surface area contributed by atoms with Crippen LogP contribution in [0, 0.1) is 5.92 Å². The molecule has 4 heteroatoms. The zero-order chi connectivity index (χ0) is 16.4. The van der Waals surface area contributed by atoms with Crippen molar-refractivity contribution in [2.24, 2.45) is 13.0 Å². The van der Waals surface area contributed by atoms with E-state index in [2.05, 4.69) is 52.3 Å². The van der Waals surface area contributed by atoms with Gasteiger partial charge in [0.25, 0.3) is 0 Å². The Morgan fingerprint density at radius 2 is 2.00 bits per heavy atom. The molecule has 128 valence electrons. The van der Waals surface area contributed by atoms with Crippen LogP contribution in [0.1, 0.15) is 24.1 Å². The predicted molar refractivity (Wildman–Crippen MR) is 98.1 cm³/mol. The number of nitrogens with zero attached hydrogens (tertiary/aromatic N) is 3. The van der Waals surface area contributed by atoms with Gasteiger partial charge in [-0.25, -0.2) is 0 Å². The Balaban J connectivity index is 1.50. The van der Waals surface area contributed by atoms with Gasteiger partial charge >= 0.3 is 0 Å². The Morgan fingerprint density at radius 3 is 2.79 bits per heavy atom. The summed E-state index contributed by atoms with van der Waals surface area (Å²) in [7, 11) is 2.10. The first-order valence-electron chi connectivity index (χ1n) is 9.34. The smallest absolute Gasteiger partial charge is 0.0958 e. The summed E-state index contributed by atoms with van der Waals surface area (Å²) in [6, 6.07) is 10.6. The molecule has 2 aromatic rings. The third-order valence-corrected chi connectivity index (χ3v) is 5.58. The number of hydrogen-bond acceptors (Lipinski definition) is 3. The van der Waals surface area contributed by atoms with Crippen molar-refractivity contribution in [2.45, 2.75) is 25.7 Å². The second-order valence-corrected chi connectivity index (χ2v) is 7.28. The number of piperidine rings is 1. The number of nitrogens with one attached hydrogen (secondary N) is 1. The zero-order valence-corrected chi connectivity index (χ0v) is 14.7. The van der Waals surface area contributed by atoms with E-state index < -0.39 is 0 Å². The van der Waals surface area contributed by atoms with Gasteiger partial charge in [-0.05, 0) is 38.3 Å². The molecular formula is C20H28N4. The summed E-state index contributed by atoms with van der Waals surface area (Å²) in [5.74, 6) is 0.826. The van der Waals surface area contributed by atoms with Crippen LogP contribution in [0.3, 0.4) is 0 Å². The van der Waals surface area contributed by atoms with E-state index in [1.807, 2.05) is 0 Å². The van der Waals surface area contributed by atoms with E-state index in [9.17, 15) is 0 Å². The van der Waals surface area contributed by atoms with Crippen LogP contribution in [0.15, 0.2) is 30.3 Å². The van der Waals surface area contributed by atoms with Gasteiger partial charge in [0.05, 0.1) is 5.69 Å². The highest BCUT2D eigenvalue weighted by atomic mass is 15.3. The molecule has 4 rings (SSSR count). The second-order valence-electron chi connectivity index (χ2n) is 7.28. The molecule has 1 fully saturated rings. The Kier molecular flexibility index (Phi) is 4.67. The molecule has 1 aromatic heterocycles. The van der Waals surface area contributed by atoms with Crippen molar-refractivity contribution >= 4 is 0 Å². The molecule has 2 aliphatic rings. The molecule has 0 bridgehead atoms. The third-order valence-electron chi connectivity index (χ3n) is 5.58. The number of benzene rings is 1. The van der Waals surface area contributed by atoms with Crippen LogP contribution in [0.25, 0.3) is 11.3 Å². The molecule has 4 nitrogen and oxygen atoms in total. The lowest BCUT2D eigenvalue weighted by atomic mass is 9.99. The minimum atomic E-state index is 0.826. The molecule has 3 heterocycles. The van der Waals surface area contributed by atoms with Gasteiger partial charge in [-0.2, -0.15) is 5.10 Å². The minimum absolute atomic E-state index is 0.826. The average molecular weight is 324 g/mol. The summed E-state index contributed by atoms with van der Waals surface area (Å²) >= 11 is 0. The van der Waals surface area contributed by atoms with Crippen molar-refractivity contribution in [2.75, 3.05) is 32.7 Å². The van der Waals surface area contributed by atoms with Gasteiger partial charge in [0.1, 0.15) is 0 Å². The molecule has 1 N–H and O–H groups in total. The largest absolute Gasteiger partial charge is 0.316 e. The number of aryl methyl sites for hydroxylation is 1. The fourth-order valence-corrected chi connectivity index (χ4v) is 4.28. The van der Waals surface area contributed by atoms with Crippen LogP contribution in [-0.4, -0.2) is 47.4 Å². The van der Waals surface area contributed by atoms with Gasteiger partial charge in [0, 0.05) is 49.9 Å². The van der Waals surface area contributed by atoms with Crippen LogP contribution in [0.4, 0.5) is 0 Å². The molecule has 0 radical (unpaired) electrons. The second kappa shape index (κ2) is 7.08. The van der Waals surface area contributed by atoms with Crippen molar-refractivity contribution in [3.63, 3.8) is 0 Å². The third kappa shape index (κ3) is 3.26. The van der Waals surface area contributed by atoms with E-state index in [-0.39, 0.29) is 0 Å². The van der Waals surface area contributed by atoms with Crippen molar-refractivity contribution < 1.29 is 0 Å². The molecule has 1 unspecified atom stereocenters. The van der Waals surface area contributed by atoms with Crippen LogP contribution in [0.2, 0.25) is 0 Å². The normalized spacial score (nSPS) is 22.1. The van der Waals surface area contributed by atoms with Crippen LogP contribution in [-0.2, 0) is 19.9 Å². The summed E-state index contributed by atoms with van der Waals surface area (Å²) < 4.78 is 2.11. The summed E-state index contributed by atoms with van der Waals surface area (Å²) in [5.41, 5.74) is 5.33. The summed E-state index contributed by atoms with van der Waals surface area (Å²) in [6.07, 6.45) is 4.95. The van der Waals surface area contributed by atoms with Crippen LogP contribution in [0.5, 0.6) is 0 Å². The molecule has 0 saturated carbocycles. The van der Waals surface area contributed by atoms with E-state index in [0.717, 1.165) is 31.8 Å². The van der Waals surface area contributed by atoms with Gasteiger partial charge in [-0.15, -0.1) is 0 Å². The Labute approximate surface area is 144 Å². The van der Waals surface area contributed by atoms with Crippen molar-refractivity contribution in [3.05, 3.63) is 41.6 Å². The Bertz CT molecular complexity index is 670. The quantitative estimate of drug-likeness (QED) is 0.942. The molecular weight excluding hydrogens is 296 g/mol. The van der Waals surface area contributed by atoms with E-state index in [4.69, 9.17) is 5.10 Å². The molecule has 0 aliphatic carbocycles. The lowest BCUT2D eigenvalue weighted by Gasteiger charge is -2.29. The number of rotatable bonds is 3. The monoisotopic (exact) mass is 324 g/mol. The Morgan fingerprint density at radius 1 is 1.17 bits per heavy atom. The summed E-state index contributed by atoms with van der Waals surface area (Å²) in [6.45, 7) is 5.97. The topological polar surface area (TPSA) is 33.1 Å². The van der Waals surface area contributed by atoms with Gasteiger partial charge in [-0.3, -0.25) is 4.68 Å². The van der Waals surface area contributed by atoms with Crippen LogP contribution < -0.4 is 5.32 Å². The first kappa shape index (κ1) is 15.9. The van der Waals surface area contributed by atoms with E-state index in [1.165, 1.54) is 55.0 Å².